The van der Waals surface area contributed by atoms with Gasteiger partial charge in [-0.3, -0.25) is 9.59 Å². The first-order valence-corrected chi connectivity index (χ1v) is 7.46. The van der Waals surface area contributed by atoms with Gasteiger partial charge in [0.05, 0.1) is 5.56 Å². The lowest BCUT2D eigenvalue weighted by Crippen LogP contribution is -2.23. The topological polar surface area (TPSA) is 49.4 Å². The molecule has 1 N–H and O–H groups in total. The zero-order valence-corrected chi connectivity index (χ0v) is 13.7. The number of benzene rings is 2. The molecule has 0 atom stereocenters. The van der Waals surface area contributed by atoms with Gasteiger partial charge in [-0.1, -0.05) is 18.2 Å². The Morgan fingerprint density at radius 2 is 1.76 bits per heavy atom. The first kappa shape index (κ1) is 18.5. The molecule has 25 heavy (non-hydrogen) atoms. The van der Waals surface area contributed by atoms with Gasteiger partial charge in [-0.2, -0.15) is 13.2 Å². The Morgan fingerprint density at radius 1 is 1.08 bits per heavy atom. The predicted molar refractivity (Wildman–Crippen MR) is 88.0 cm³/mol. The fourth-order valence-corrected chi connectivity index (χ4v) is 2.17. The summed E-state index contributed by atoms with van der Waals surface area (Å²) >= 11 is 0. The van der Waals surface area contributed by atoms with E-state index in [-0.39, 0.29) is 11.5 Å². The van der Waals surface area contributed by atoms with Crippen molar-refractivity contribution in [3.8, 4) is 0 Å². The molecule has 132 valence electrons. The third-order valence-corrected chi connectivity index (χ3v) is 3.59. The molecule has 0 bridgehead atoms. The number of halogens is 3. The second-order valence-electron chi connectivity index (χ2n) is 5.61. The molecule has 0 unspecified atom stereocenters. The van der Waals surface area contributed by atoms with Crippen molar-refractivity contribution in [3.05, 3.63) is 65.2 Å². The molecule has 2 aromatic rings. The van der Waals surface area contributed by atoms with Crippen molar-refractivity contribution < 1.29 is 22.8 Å². The molecule has 0 saturated carbocycles. The van der Waals surface area contributed by atoms with Gasteiger partial charge in [0, 0.05) is 31.8 Å². The molecule has 7 heteroatoms. The largest absolute Gasteiger partial charge is 0.416 e. The summed E-state index contributed by atoms with van der Waals surface area (Å²) in [5.74, 6) is -0.735. The van der Waals surface area contributed by atoms with Gasteiger partial charge in [0.25, 0.3) is 5.91 Å². The lowest BCUT2D eigenvalue weighted by molar-refractivity contribution is -0.137. The average Bonchev–Trinajstić information content (AvgIpc) is 2.54. The highest BCUT2D eigenvalue weighted by Gasteiger charge is 2.30. The maximum absolute atomic E-state index is 12.7. The summed E-state index contributed by atoms with van der Waals surface area (Å²) in [4.78, 5) is 25.0. The quantitative estimate of drug-likeness (QED) is 0.908. The monoisotopic (exact) mass is 350 g/mol. The molecular weight excluding hydrogens is 333 g/mol. The molecule has 0 aliphatic carbocycles. The van der Waals surface area contributed by atoms with Crippen LogP contribution >= 0.6 is 0 Å². The van der Waals surface area contributed by atoms with Crippen LogP contribution in [0.3, 0.4) is 0 Å². The third-order valence-electron chi connectivity index (χ3n) is 3.59. The molecule has 2 rings (SSSR count). The highest BCUT2D eigenvalue weighted by atomic mass is 19.4. The Morgan fingerprint density at radius 3 is 2.40 bits per heavy atom. The van der Waals surface area contributed by atoms with E-state index in [1.807, 2.05) is 0 Å². The van der Waals surface area contributed by atoms with E-state index < -0.39 is 17.6 Å². The molecule has 2 amide bonds. The molecule has 0 aliphatic heterocycles. The van der Waals surface area contributed by atoms with Crippen molar-refractivity contribution in [3.63, 3.8) is 0 Å². The van der Waals surface area contributed by atoms with Gasteiger partial charge in [-0.25, -0.2) is 0 Å². The fourth-order valence-electron chi connectivity index (χ4n) is 2.17. The summed E-state index contributed by atoms with van der Waals surface area (Å²) in [6, 6.07) is 11.0. The lowest BCUT2D eigenvalue weighted by atomic mass is 10.1. The number of nitrogens with zero attached hydrogens (tertiary/aromatic N) is 1. The summed E-state index contributed by atoms with van der Waals surface area (Å²) in [5.41, 5.74) is 0.273. The van der Waals surface area contributed by atoms with E-state index in [1.54, 1.807) is 31.3 Å². The number of alkyl halides is 3. The molecule has 4 nitrogen and oxygen atoms in total. The average molecular weight is 350 g/mol. The van der Waals surface area contributed by atoms with E-state index in [4.69, 9.17) is 0 Å². The maximum Gasteiger partial charge on any atom is 0.416 e. The number of carbonyl (C=O) groups excluding carboxylic acids is 2. The van der Waals surface area contributed by atoms with Gasteiger partial charge in [0.2, 0.25) is 5.91 Å². The van der Waals surface area contributed by atoms with Gasteiger partial charge in [-0.15, -0.1) is 0 Å². The minimum Gasteiger partial charge on any atom is -0.342 e. The summed E-state index contributed by atoms with van der Waals surface area (Å²) < 4.78 is 38.2. The smallest absolute Gasteiger partial charge is 0.342 e. The van der Waals surface area contributed by atoms with Crippen LogP contribution in [0.5, 0.6) is 0 Å². The van der Waals surface area contributed by atoms with E-state index in [0.717, 1.165) is 17.7 Å². The van der Waals surface area contributed by atoms with Gasteiger partial charge in [-0.05, 0) is 35.9 Å². The minimum absolute atomic E-state index is 0.0823. The van der Waals surface area contributed by atoms with Crippen LogP contribution in [0.2, 0.25) is 0 Å². The van der Waals surface area contributed by atoms with Crippen molar-refractivity contribution >= 4 is 17.5 Å². The second-order valence-corrected chi connectivity index (χ2v) is 5.61. The van der Waals surface area contributed by atoms with Crippen LogP contribution in [-0.4, -0.2) is 23.8 Å². The van der Waals surface area contributed by atoms with Crippen LogP contribution in [0.15, 0.2) is 48.5 Å². The standard InChI is InChI=1S/C18H17F3N2O2/c1-12(24)23(2)11-13-5-3-8-16(9-13)22-17(25)14-6-4-7-15(10-14)18(19,20)21/h3-10H,11H2,1-2H3,(H,22,25). The third kappa shape index (κ3) is 5.07. The molecule has 0 spiro atoms. The summed E-state index contributed by atoms with van der Waals surface area (Å²) in [7, 11) is 1.65. The van der Waals surface area contributed by atoms with E-state index >= 15 is 0 Å². The second kappa shape index (κ2) is 7.38. The first-order chi connectivity index (χ1) is 11.7. The van der Waals surface area contributed by atoms with Crippen LogP contribution in [-0.2, 0) is 17.5 Å². The SMILES string of the molecule is CC(=O)N(C)Cc1cccc(NC(=O)c2cccc(C(F)(F)F)c2)c1. The van der Waals surface area contributed by atoms with E-state index in [9.17, 15) is 22.8 Å². The highest BCUT2D eigenvalue weighted by molar-refractivity contribution is 6.04. The van der Waals surface area contributed by atoms with Gasteiger partial charge < -0.3 is 10.2 Å². The zero-order valence-electron chi connectivity index (χ0n) is 13.7. The Bertz CT molecular complexity index is 788. The van der Waals surface area contributed by atoms with Crippen molar-refractivity contribution in [2.75, 3.05) is 12.4 Å². The van der Waals surface area contributed by atoms with Gasteiger partial charge in [0.1, 0.15) is 0 Å². The first-order valence-electron chi connectivity index (χ1n) is 7.46. The molecule has 0 radical (unpaired) electrons. The lowest BCUT2D eigenvalue weighted by Gasteiger charge is -2.15. The number of amides is 2. The molecule has 2 aromatic carbocycles. The van der Waals surface area contributed by atoms with Crippen LogP contribution in [0, 0.1) is 0 Å². The van der Waals surface area contributed by atoms with E-state index in [1.165, 1.54) is 24.0 Å². The van der Waals surface area contributed by atoms with E-state index in [0.29, 0.717) is 12.2 Å². The summed E-state index contributed by atoms with van der Waals surface area (Å²) in [6.45, 7) is 1.81. The number of nitrogens with one attached hydrogen (secondary N) is 1. The Kier molecular flexibility index (Phi) is 5.46. The fraction of sp³-hybridized carbons (Fsp3) is 0.222. The summed E-state index contributed by atoms with van der Waals surface area (Å²) in [6.07, 6.45) is -4.51. The number of hydrogen-bond acceptors (Lipinski definition) is 2. The number of carbonyl (C=O) groups is 2. The zero-order chi connectivity index (χ0) is 18.6. The molecule has 0 saturated heterocycles. The van der Waals surface area contributed by atoms with Crippen molar-refractivity contribution in [2.45, 2.75) is 19.6 Å². The molecule has 0 heterocycles. The van der Waals surface area contributed by atoms with Crippen LogP contribution < -0.4 is 5.32 Å². The molecular formula is C18H17F3N2O2. The number of rotatable bonds is 4. The van der Waals surface area contributed by atoms with E-state index in [2.05, 4.69) is 5.32 Å². The van der Waals surface area contributed by atoms with Crippen molar-refractivity contribution in [1.29, 1.82) is 0 Å². The van der Waals surface area contributed by atoms with Crippen LogP contribution in [0.4, 0.5) is 18.9 Å². The summed E-state index contributed by atoms with van der Waals surface area (Å²) in [5, 5.41) is 2.57. The predicted octanol–water partition coefficient (Wildman–Crippen LogP) is 3.94. The normalized spacial score (nSPS) is 11.1. The van der Waals surface area contributed by atoms with Gasteiger partial charge >= 0.3 is 6.18 Å². The van der Waals surface area contributed by atoms with Crippen LogP contribution in [0.25, 0.3) is 0 Å². The Balaban J connectivity index is 2.14. The van der Waals surface area contributed by atoms with Gasteiger partial charge in [0.15, 0.2) is 0 Å². The molecule has 0 fully saturated rings. The van der Waals surface area contributed by atoms with Crippen molar-refractivity contribution in [2.24, 2.45) is 0 Å². The molecule has 0 aliphatic rings. The molecule has 0 aromatic heterocycles. The van der Waals surface area contributed by atoms with Crippen molar-refractivity contribution in [1.82, 2.24) is 4.90 Å². The number of anilines is 1. The minimum atomic E-state index is -4.51. The Hall–Kier alpha value is -2.83. The highest BCUT2D eigenvalue weighted by Crippen LogP contribution is 2.29. The van der Waals surface area contributed by atoms with Crippen LogP contribution in [0.1, 0.15) is 28.4 Å². The maximum atomic E-state index is 12.7. The Labute approximate surface area is 143 Å². The number of hydrogen-bond donors (Lipinski definition) is 1.